The molecule has 0 saturated carbocycles. The normalized spacial score (nSPS) is 13.0. The predicted octanol–water partition coefficient (Wildman–Crippen LogP) is 2.34. The lowest BCUT2D eigenvalue weighted by molar-refractivity contribution is -0.179. The number of hydrogen-bond donors (Lipinski definition) is 1. The van der Waals surface area contributed by atoms with Crippen LogP contribution in [-0.4, -0.2) is 42.4 Å². The van der Waals surface area contributed by atoms with Crippen LogP contribution in [0.3, 0.4) is 0 Å². The number of likely N-dealkylation sites (N-methyl/N-ethyl adjacent to an activating group) is 1. The van der Waals surface area contributed by atoms with E-state index in [1.807, 2.05) is 13.8 Å². The van der Waals surface area contributed by atoms with Crippen molar-refractivity contribution in [2.45, 2.75) is 59.6 Å². The number of nitrogens with one attached hydrogen (secondary N) is 1. The number of ether oxygens (including phenoxy) is 1. The molecular weight excluding hydrogens is 260 g/mol. The first kappa shape index (κ1) is 18.7. The van der Waals surface area contributed by atoms with Gasteiger partial charge in [-0.25, -0.2) is 9.86 Å². The molecule has 0 unspecified atom stereocenters. The van der Waals surface area contributed by atoms with Crippen LogP contribution in [-0.2, 0) is 14.4 Å². The van der Waals surface area contributed by atoms with E-state index in [4.69, 9.17) is 9.57 Å². The van der Waals surface area contributed by atoms with Gasteiger partial charge in [0.25, 0.3) is 5.91 Å². The van der Waals surface area contributed by atoms with Gasteiger partial charge in [0.2, 0.25) is 0 Å². The fraction of sp³-hybridized carbons (Fsp3) is 0.857. The summed E-state index contributed by atoms with van der Waals surface area (Å²) in [5, 5.41) is 3.77. The van der Waals surface area contributed by atoms with Gasteiger partial charge < -0.3 is 10.1 Å². The van der Waals surface area contributed by atoms with Gasteiger partial charge in [-0.15, -0.1) is 0 Å². The molecule has 0 aliphatic rings. The molecule has 6 nitrogen and oxygen atoms in total. The van der Waals surface area contributed by atoms with E-state index in [0.29, 0.717) is 13.0 Å². The zero-order valence-electron chi connectivity index (χ0n) is 13.6. The number of carbonyl (C=O) groups excluding carboxylic acids is 2. The highest BCUT2D eigenvalue weighted by Crippen LogP contribution is 2.11. The average molecular weight is 288 g/mol. The van der Waals surface area contributed by atoms with Crippen LogP contribution >= 0.6 is 0 Å². The molecule has 0 radical (unpaired) electrons. The van der Waals surface area contributed by atoms with Crippen molar-refractivity contribution in [3.05, 3.63) is 0 Å². The molecule has 0 rings (SSSR count). The molecule has 0 aliphatic carbocycles. The first-order valence-corrected chi connectivity index (χ1v) is 6.96. The van der Waals surface area contributed by atoms with Crippen molar-refractivity contribution < 1.29 is 19.2 Å². The number of carbonyl (C=O) groups is 2. The smallest absolute Gasteiger partial charge is 0.408 e. The van der Waals surface area contributed by atoms with Gasteiger partial charge in [0.05, 0.1) is 6.61 Å². The minimum Gasteiger partial charge on any atom is -0.444 e. The number of nitrogens with zero attached hydrogens (tertiary/aromatic N) is 1. The Morgan fingerprint density at radius 1 is 1.25 bits per heavy atom. The summed E-state index contributed by atoms with van der Waals surface area (Å²) >= 11 is 0. The maximum atomic E-state index is 12.2. The first-order valence-electron chi connectivity index (χ1n) is 6.96. The minimum absolute atomic E-state index is 0.258. The lowest BCUT2D eigenvalue weighted by Crippen LogP contribution is -2.49. The molecule has 20 heavy (non-hydrogen) atoms. The summed E-state index contributed by atoms with van der Waals surface area (Å²) in [5.74, 6) is -0.0275. The van der Waals surface area contributed by atoms with Gasteiger partial charge in [-0.1, -0.05) is 13.8 Å². The molecule has 0 aliphatic heterocycles. The van der Waals surface area contributed by atoms with Crippen LogP contribution in [0, 0.1) is 5.92 Å². The molecule has 0 fully saturated rings. The van der Waals surface area contributed by atoms with Crippen molar-refractivity contribution >= 4 is 12.0 Å². The lowest BCUT2D eigenvalue weighted by Gasteiger charge is -2.26. The van der Waals surface area contributed by atoms with E-state index in [1.54, 1.807) is 27.7 Å². The van der Waals surface area contributed by atoms with Gasteiger partial charge in [-0.05, 0) is 40.0 Å². The first-order chi connectivity index (χ1) is 9.06. The van der Waals surface area contributed by atoms with E-state index in [0.717, 1.165) is 5.06 Å². The Balaban J connectivity index is 4.72. The predicted molar refractivity (Wildman–Crippen MR) is 77.0 cm³/mol. The van der Waals surface area contributed by atoms with E-state index >= 15 is 0 Å². The van der Waals surface area contributed by atoms with E-state index < -0.39 is 17.7 Å². The Kier molecular flexibility index (Phi) is 7.57. The molecule has 0 heterocycles. The number of alkyl carbamates (subject to hydrolysis) is 1. The molecule has 118 valence electrons. The molecule has 1 N–H and O–H groups in total. The second kappa shape index (κ2) is 8.09. The van der Waals surface area contributed by atoms with Crippen molar-refractivity contribution in [3.63, 3.8) is 0 Å². The van der Waals surface area contributed by atoms with Crippen molar-refractivity contribution in [1.29, 1.82) is 0 Å². The Labute approximate surface area is 121 Å². The monoisotopic (exact) mass is 288 g/mol. The van der Waals surface area contributed by atoms with Crippen molar-refractivity contribution in [2.75, 3.05) is 13.7 Å². The summed E-state index contributed by atoms with van der Waals surface area (Å²) < 4.78 is 5.18. The van der Waals surface area contributed by atoms with Crippen LogP contribution in [0.2, 0.25) is 0 Å². The van der Waals surface area contributed by atoms with Crippen molar-refractivity contribution in [3.8, 4) is 0 Å². The van der Waals surface area contributed by atoms with Crippen LogP contribution in [0.15, 0.2) is 0 Å². The number of amides is 2. The molecular formula is C14H28N2O4. The highest BCUT2D eigenvalue weighted by atomic mass is 16.7. The maximum absolute atomic E-state index is 12.2. The van der Waals surface area contributed by atoms with E-state index in [-0.39, 0.29) is 11.8 Å². The van der Waals surface area contributed by atoms with E-state index in [9.17, 15) is 9.59 Å². The van der Waals surface area contributed by atoms with Crippen LogP contribution in [0.5, 0.6) is 0 Å². The van der Waals surface area contributed by atoms with Crippen molar-refractivity contribution in [2.24, 2.45) is 5.92 Å². The van der Waals surface area contributed by atoms with Gasteiger partial charge in [0.15, 0.2) is 0 Å². The van der Waals surface area contributed by atoms with Crippen LogP contribution in [0.4, 0.5) is 4.79 Å². The Hall–Kier alpha value is -1.30. The highest BCUT2D eigenvalue weighted by molar-refractivity contribution is 5.84. The molecule has 6 heteroatoms. The summed E-state index contributed by atoms with van der Waals surface area (Å²) in [4.78, 5) is 29.1. The van der Waals surface area contributed by atoms with Crippen LogP contribution in [0.1, 0.15) is 48.0 Å². The Morgan fingerprint density at radius 2 is 1.80 bits per heavy atom. The zero-order valence-corrected chi connectivity index (χ0v) is 13.6. The molecule has 0 aromatic heterocycles. The zero-order chi connectivity index (χ0) is 15.9. The van der Waals surface area contributed by atoms with E-state index in [2.05, 4.69) is 5.32 Å². The fourth-order valence-corrected chi connectivity index (χ4v) is 1.62. The maximum Gasteiger partial charge on any atom is 0.408 e. The summed E-state index contributed by atoms with van der Waals surface area (Å²) in [7, 11) is 1.54. The van der Waals surface area contributed by atoms with Crippen molar-refractivity contribution in [1.82, 2.24) is 10.4 Å². The largest absolute Gasteiger partial charge is 0.444 e. The minimum atomic E-state index is -0.651. The van der Waals surface area contributed by atoms with Gasteiger partial charge in [0, 0.05) is 7.05 Å². The third kappa shape index (κ3) is 7.99. The highest BCUT2D eigenvalue weighted by Gasteiger charge is 2.27. The van der Waals surface area contributed by atoms with E-state index in [1.165, 1.54) is 7.05 Å². The van der Waals surface area contributed by atoms with Gasteiger partial charge in [0.1, 0.15) is 11.6 Å². The number of hydroxylamine groups is 2. The molecule has 0 saturated heterocycles. The quantitative estimate of drug-likeness (QED) is 0.762. The van der Waals surface area contributed by atoms with Gasteiger partial charge in [-0.2, -0.15) is 0 Å². The van der Waals surface area contributed by atoms with Crippen LogP contribution in [0.25, 0.3) is 0 Å². The lowest BCUT2D eigenvalue weighted by atomic mass is 10.0. The molecule has 2 amide bonds. The second-order valence-electron chi connectivity index (χ2n) is 6.08. The number of rotatable bonds is 6. The molecule has 0 aromatic rings. The number of hydrogen-bond acceptors (Lipinski definition) is 4. The molecule has 0 spiro atoms. The Morgan fingerprint density at radius 3 is 2.20 bits per heavy atom. The second-order valence-corrected chi connectivity index (χ2v) is 6.08. The average Bonchev–Trinajstić information content (AvgIpc) is 2.24. The molecule has 0 bridgehead atoms. The van der Waals surface area contributed by atoms with Gasteiger partial charge >= 0.3 is 6.09 Å². The standard InChI is InChI=1S/C14H28N2O4/c1-8-19-16(7)12(17)11(9-10(2)3)15-13(18)20-14(4,5)6/h10-11H,8-9H2,1-7H3,(H,15,18)/t11-/m0/s1. The molecule has 0 aromatic carbocycles. The van der Waals surface area contributed by atoms with Crippen LogP contribution < -0.4 is 5.32 Å². The topological polar surface area (TPSA) is 67.9 Å². The summed E-state index contributed by atoms with van der Waals surface area (Å²) in [6.07, 6.45) is -0.0726. The fourth-order valence-electron chi connectivity index (χ4n) is 1.62. The summed E-state index contributed by atoms with van der Waals surface area (Å²) in [6, 6.07) is -0.651. The Bertz CT molecular complexity index is 324. The SMILES string of the molecule is CCON(C)C(=O)[C@H](CC(C)C)NC(=O)OC(C)(C)C. The van der Waals surface area contributed by atoms with Gasteiger partial charge in [-0.3, -0.25) is 9.63 Å². The third-order valence-corrected chi connectivity index (χ3v) is 2.33. The summed E-state index contributed by atoms with van der Waals surface area (Å²) in [5.41, 5.74) is -0.596. The molecule has 1 atom stereocenters. The summed E-state index contributed by atoms with van der Waals surface area (Å²) in [6.45, 7) is 11.5. The third-order valence-electron chi connectivity index (χ3n) is 2.33.